The van der Waals surface area contributed by atoms with Gasteiger partial charge in [-0.3, -0.25) is 4.98 Å². The summed E-state index contributed by atoms with van der Waals surface area (Å²) >= 11 is 0. The highest BCUT2D eigenvalue weighted by atomic mass is 16.4. The zero-order chi connectivity index (χ0) is 11.0. The molecule has 1 fully saturated rings. The Morgan fingerprint density at radius 3 is 2.88 bits per heavy atom. The van der Waals surface area contributed by atoms with Gasteiger partial charge in [0.05, 0.1) is 5.52 Å². The van der Waals surface area contributed by atoms with Crippen LogP contribution in [0.1, 0.15) is 24.3 Å². The Morgan fingerprint density at radius 1 is 1.25 bits per heavy atom. The summed E-state index contributed by atoms with van der Waals surface area (Å²) in [5.41, 5.74) is 2.75. The number of H-pyrrole nitrogens is 1. The first-order chi connectivity index (χ1) is 7.84. The lowest BCUT2D eigenvalue weighted by Crippen LogP contribution is -2.26. The second kappa shape index (κ2) is 3.79. The van der Waals surface area contributed by atoms with Crippen molar-refractivity contribution >= 4 is 11.1 Å². The SMILES string of the molecule is O=c1[nH]c2c(C3CCNCC3)cccc2o1. The molecule has 1 aliphatic rings. The minimum absolute atomic E-state index is 0.364. The highest BCUT2D eigenvalue weighted by Crippen LogP contribution is 2.29. The molecule has 4 heteroatoms. The largest absolute Gasteiger partial charge is 0.417 e. The van der Waals surface area contributed by atoms with Gasteiger partial charge in [-0.2, -0.15) is 0 Å². The van der Waals surface area contributed by atoms with E-state index in [0.29, 0.717) is 11.5 Å². The molecule has 0 saturated carbocycles. The molecule has 0 amide bonds. The molecule has 4 nitrogen and oxygen atoms in total. The van der Waals surface area contributed by atoms with Gasteiger partial charge in [0.2, 0.25) is 0 Å². The van der Waals surface area contributed by atoms with Gasteiger partial charge in [-0.25, -0.2) is 4.79 Å². The van der Waals surface area contributed by atoms with Crippen LogP contribution in [0.4, 0.5) is 0 Å². The number of benzene rings is 1. The van der Waals surface area contributed by atoms with E-state index in [1.807, 2.05) is 12.1 Å². The van der Waals surface area contributed by atoms with E-state index in [-0.39, 0.29) is 5.76 Å². The maximum atomic E-state index is 11.2. The third-order valence-electron chi connectivity index (χ3n) is 3.27. The number of hydrogen-bond donors (Lipinski definition) is 2. The van der Waals surface area contributed by atoms with Crippen LogP contribution in [0.2, 0.25) is 0 Å². The highest BCUT2D eigenvalue weighted by Gasteiger charge is 2.18. The zero-order valence-electron chi connectivity index (χ0n) is 8.95. The van der Waals surface area contributed by atoms with Crippen molar-refractivity contribution in [1.29, 1.82) is 0 Å². The topological polar surface area (TPSA) is 58.0 Å². The lowest BCUT2D eigenvalue weighted by molar-refractivity contribution is 0.462. The molecule has 1 aromatic heterocycles. The molecule has 1 saturated heterocycles. The standard InChI is InChI=1S/C12H14N2O2/c15-12-14-11-9(2-1-3-10(11)16-12)8-4-6-13-7-5-8/h1-3,8,13H,4-7H2,(H,14,15). The summed E-state index contributed by atoms with van der Waals surface area (Å²) in [6.07, 6.45) is 2.23. The predicted octanol–water partition coefficient (Wildman–Crippen LogP) is 1.59. The molecule has 3 rings (SSSR count). The average Bonchev–Trinajstić information content (AvgIpc) is 2.70. The first-order valence-electron chi connectivity index (χ1n) is 5.67. The van der Waals surface area contributed by atoms with Crippen molar-refractivity contribution in [1.82, 2.24) is 10.3 Å². The van der Waals surface area contributed by atoms with Crippen LogP contribution in [0, 0.1) is 0 Å². The van der Waals surface area contributed by atoms with E-state index >= 15 is 0 Å². The summed E-state index contributed by atoms with van der Waals surface area (Å²) in [6, 6.07) is 5.87. The average molecular weight is 218 g/mol. The number of oxazole rings is 1. The molecule has 84 valence electrons. The van der Waals surface area contributed by atoms with Crippen molar-refractivity contribution in [2.45, 2.75) is 18.8 Å². The van der Waals surface area contributed by atoms with Crippen LogP contribution < -0.4 is 11.1 Å². The third-order valence-corrected chi connectivity index (χ3v) is 3.27. The summed E-state index contributed by atoms with van der Waals surface area (Å²) in [6.45, 7) is 2.09. The van der Waals surface area contributed by atoms with Crippen molar-refractivity contribution in [3.05, 3.63) is 34.3 Å². The normalized spacial score (nSPS) is 18.0. The Morgan fingerprint density at radius 2 is 2.06 bits per heavy atom. The molecule has 1 aromatic carbocycles. The van der Waals surface area contributed by atoms with Gasteiger partial charge in [0, 0.05) is 0 Å². The Labute approximate surface area is 92.7 Å². The maximum Gasteiger partial charge on any atom is 0.417 e. The van der Waals surface area contributed by atoms with E-state index in [1.54, 1.807) is 0 Å². The molecule has 2 N–H and O–H groups in total. The van der Waals surface area contributed by atoms with Gasteiger partial charge in [-0.15, -0.1) is 0 Å². The van der Waals surface area contributed by atoms with E-state index in [2.05, 4.69) is 16.4 Å². The lowest BCUT2D eigenvalue weighted by Gasteiger charge is -2.23. The van der Waals surface area contributed by atoms with E-state index in [0.717, 1.165) is 31.4 Å². The van der Waals surface area contributed by atoms with Crippen LogP contribution in [0.3, 0.4) is 0 Å². The Balaban J connectivity index is 2.11. The van der Waals surface area contributed by atoms with E-state index in [1.165, 1.54) is 5.56 Å². The number of aromatic nitrogens is 1. The first kappa shape index (κ1) is 9.66. The van der Waals surface area contributed by atoms with Gasteiger partial charge >= 0.3 is 5.76 Å². The van der Waals surface area contributed by atoms with E-state index in [9.17, 15) is 4.79 Å². The molecule has 0 radical (unpaired) electrons. The fourth-order valence-electron chi connectivity index (χ4n) is 2.47. The van der Waals surface area contributed by atoms with Crippen LogP contribution in [0.5, 0.6) is 0 Å². The fraction of sp³-hybridized carbons (Fsp3) is 0.417. The van der Waals surface area contributed by atoms with Gasteiger partial charge in [0.25, 0.3) is 0 Å². The van der Waals surface area contributed by atoms with Crippen LogP contribution in [-0.4, -0.2) is 18.1 Å². The Kier molecular flexibility index (Phi) is 2.29. The zero-order valence-corrected chi connectivity index (χ0v) is 8.95. The summed E-state index contributed by atoms with van der Waals surface area (Å²) in [4.78, 5) is 14.0. The summed E-state index contributed by atoms with van der Waals surface area (Å²) in [5, 5.41) is 3.34. The molecular weight excluding hydrogens is 204 g/mol. The molecule has 2 aromatic rings. The minimum Gasteiger partial charge on any atom is -0.408 e. The van der Waals surface area contributed by atoms with Crippen LogP contribution in [0.15, 0.2) is 27.4 Å². The Bertz CT molecular complexity index is 549. The molecule has 0 atom stereocenters. The van der Waals surface area contributed by atoms with E-state index in [4.69, 9.17) is 4.42 Å². The molecule has 2 heterocycles. The van der Waals surface area contributed by atoms with Crippen molar-refractivity contribution in [3.63, 3.8) is 0 Å². The second-order valence-corrected chi connectivity index (χ2v) is 4.26. The number of rotatable bonds is 1. The summed E-state index contributed by atoms with van der Waals surface area (Å²) in [5.74, 6) is 0.162. The van der Waals surface area contributed by atoms with Gasteiger partial charge in [0.15, 0.2) is 5.58 Å². The lowest BCUT2D eigenvalue weighted by atomic mass is 9.89. The second-order valence-electron chi connectivity index (χ2n) is 4.26. The maximum absolute atomic E-state index is 11.2. The number of hydrogen-bond acceptors (Lipinski definition) is 3. The van der Waals surface area contributed by atoms with Crippen LogP contribution in [-0.2, 0) is 0 Å². The molecule has 0 aliphatic carbocycles. The monoisotopic (exact) mass is 218 g/mol. The van der Waals surface area contributed by atoms with Gasteiger partial charge in [0.1, 0.15) is 0 Å². The van der Waals surface area contributed by atoms with Crippen molar-refractivity contribution in [3.8, 4) is 0 Å². The molecule has 0 bridgehead atoms. The number of fused-ring (bicyclic) bond motifs is 1. The number of aromatic amines is 1. The smallest absolute Gasteiger partial charge is 0.408 e. The molecule has 0 unspecified atom stereocenters. The molecule has 1 aliphatic heterocycles. The number of para-hydroxylation sites is 1. The predicted molar refractivity (Wildman–Crippen MR) is 61.7 cm³/mol. The number of nitrogens with one attached hydrogen (secondary N) is 2. The minimum atomic E-state index is -0.364. The molecule has 16 heavy (non-hydrogen) atoms. The van der Waals surface area contributed by atoms with E-state index < -0.39 is 0 Å². The van der Waals surface area contributed by atoms with Crippen molar-refractivity contribution in [2.75, 3.05) is 13.1 Å². The fourth-order valence-corrected chi connectivity index (χ4v) is 2.47. The summed E-state index contributed by atoms with van der Waals surface area (Å²) < 4.78 is 5.07. The summed E-state index contributed by atoms with van der Waals surface area (Å²) in [7, 11) is 0. The Hall–Kier alpha value is -1.55. The van der Waals surface area contributed by atoms with Crippen molar-refractivity contribution < 1.29 is 4.42 Å². The number of piperidine rings is 1. The third kappa shape index (κ3) is 1.55. The van der Waals surface area contributed by atoms with Crippen LogP contribution >= 0.6 is 0 Å². The van der Waals surface area contributed by atoms with Gasteiger partial charge in [-0.1, -0.05) is 12.1 Å². The first-order valence-corrected chi connectivity index (χ1v) is 5.67. The van der Waals surface area contributed by atoms with Crippen molar-refractivity contribution in [2.24, 2.45) is 0 Å². The molecular formula is C12H14N2O2. The van der Waals surface area contributed by atoms with Gasteiger partial charge < -0.3 is 9.73 Å². The molecule has 0 spiro atoms. The van der Waals surface area contributed by atoms with Gasteiger partial charge in [-0.05, 0) is 43.5 Å². The quantitative estimate of drug-likeness (QED) is 0.764. The highest BCUT2D eigenvalue weighted by molar-refractivity contribution is 5.76. The van der Waals surface area contributed by atoms with Crippen LogP contribution in [0.25, 0.3) is 11.1 Å².